The van der Waals surface area contributed by atoms with Gasteiger partial charge < -0.3 is 26.5 Å². The highest BCUT2D eigenvalue weighted by Crippen LogP contribution is 1.98. The van der Waals surface area contributed by atoms with Gasteiger partial charge in [-0.1, -0.05) is 13.2 Å². The Morgan fingerprint density at radius 1 is 1.14 bits per heavy atom. The van der Waals surface area contributed by atoms with Crippen molar-refractivity contribution in [3.63, 3.8) is 0 Å². The molecule has 0 unspecified atom stereocenters. The highest BCUT2D eigenvalue weighted by atomic mass is 79.9. The summed E-state index contributed by atoms with van der Waals surface area (Å²) in [5, 5.41) is 0. The van der Waals surface area contributed by atoms with Crippen LogP contribution in [0.25, 0.3) is 0 Å². The molecule has 0 saturated carbocycles. The predicted octanol–water partition coefficient (Wildman–Crippen LogP) is -2.79. The smallest absolute Gasteiger partial charge is 0.314 e. The minimum absolute atomic E-state index is 0. The van der Waals surface area contributed by atoms with Crippen molar-refractivity contribution < 1.29 is 31.4 Å². The van der Waals surface area contributed by atoms with Crippen molar-refractivity contribution in [2.45, 2.75) is 12.8 Å². The molecule has 0 amide bonds. The summed E-state index contributed by atoms with van der Waals surface area (Å²) >= 11 is 0. The van der Waals surface area contributed by atoms with E-state index in [1.807, 2.05) is 19.1 Å². The van der Waals surface area contributed by atoms with Crippen molar-refractivity contribution in [1.82, 2.24) is 0 Å². The quantitative estimate of drug-likeness (QED) is 0.398. The summed E-state index contributed by atoms with van der Waals surface area (Å²) in [5.41, 5.74) is 0. The molecule has 0 spiro atoms. The minimum Gasteiger partial charge on any atom is -1.00 e. The summed E-state index contributed by atoms with van der Waals surface area (Å²) in [6, 6.07) is 0. The second-order valence-electron chi connectivity index (χ2n) is 2.94. The third-order valence-electron chi connectivity index (χ3n) is 2.20. The molecule has 0 aromatic heterocycles. The molecule has 0 atom stereocenters. The number of ether oxygens (including phenoxy) is 2. The third kappa shape index (κ3) is 4.37. The van der Waals surface area contributed by atoms with Gasteiger partial charge in [0.15, 0.2) is 0 Å². The van der Waals surface area contributed by atoms with Gasteiger partial charge in [0.2, 0.25) is 0 Å². The second kappa shape index (κ2) is 8.17. The Labute approximate surface area is 97.1 Å². The summed E-state index contributed by atoms with van der Waals surface area (Å²) in [6.45, 7) is 10.9. The molecule has 0 bridgehead atoms. The van der Waals surface area contributed by atoms with Crippen molar-refractivity contribution in [3.05, 3.63) is 25.3 Å². The van der Waals surface area contributed by atoms with Crippen molar-refractivity contribution in [3.8, 4) is 0 Å². The van der Waals surface area contributed by atoms with Crippen LogP contribution in [0, 0.1) is 0 Å². The molecule has 1 N–H and O–H groups in total. The normalized spacial score (nSPS) is 10.9. The number of halogens is 1. The zero-order chi connectivity index (χ0) is 10.3. The molecule has 0 aliphatic rings. The monoisotopic (exact) mass is 265 g/mol. The Balaban J connectivity index is 0. The van der Waals surface area contributed by atoms with Gasteiger partial charge in [0, 0.05) is 21.1 Å². The molecule has 4 heteroatoms. The number of methoxy groups -OCH3 is 2. The lowest BCUT2D eigenvalue weighted by atomic mass is 10.3. The van der Waals surface area contributed by atoms with Crippen molar-refractivity contribution in [2.75, 3.05) is 27.3 Å². The number of hydrogen-bond donors (Lipinski definition) is 1. The molecule has 0 rings (SSSR count). The summed E-state index contributed by atoms with van der Waals surface area (Å²) in [6.07, 6.45) is 3.68. The number of nitrogens with one attached hydrogen (secondary N) is 1. The Morgan fingerprint density at radius 2 is 1.50 bits per heavy atom. The Morgan fingerprint density at radius 3 is 1.71 bits per heavy atom. The van der Waals surface area contributed by atoms with Crippen molar-refractivity contribution in [1.29, 1.82) is 0 Å². The number of hydrogen-bond acceptors (Lipinski definition) is 2. The Bertz CT molecular complexity index is 160. The van der Waals surface area contributed by atoms with Crippen LogP contribution in [0.1, 0.15) is 6.92 Å². The lowest BCUT2D eigenvalue weighted by molar-refractivity contribution is -0.995. The van der Waals surface area contributed by atoms with Gasteiger partial charge in [0.1, 0.15) is 0 Å². The second-order valence-corrected chi connectivity index (χ2v) is 2.94. The SMILES string of the molecule is C=CC[NH+](CC=C)C(C)(OC)OC.[Br-]. The molecule has 14 heavy (non-hydrogen) atoms. The molecular weight excluding hydrogens is 246 g/mol. The van der Waals surface area contributed by atoms with Crippen LogP contribution in [0.2, 0.25) is 0 Å². The molecule has 0 heterocycles. The first-order valence-corrected chi connectivity index (χ1v) is 4.31. The molecule has 0 saturated heterocycles. The molecule has 84 valence electrons. The van der Waals surface area contributed by atoms with Gasteiger partial charge in [-0.25, -0.2) is 0 Å². The molecule has 0 aromatic rings. The van der Waals surface area contributed by atoms with E-state index in [1.165, 1.54) is 0 Å². The zero-order valence-electron chi connectivity index (χ0n) is 9.18. The Kier molecular flexibility index (Phi) is 9.50. The highest BCUT2D eigenvalue weighted by molar-refractivity contribution is 4.69. The van der Waals surface area contributed by atoms with E-state index in [2.05, 4.69) is 13.2 Å². The van der Waals surface area contributed by atoms with Crippen LogP contribution in [0.3, 0.4) is 0 Å². The van der Waals surface area contributed by atoms with Gasteiger partial charge in [-0.3, -0.25) is 4.90 Å². The molecule has 0 radical (unpaired) electrons. The molecular formula is C10H20BrNO2. The van der Waals surface area contributed by atoms with E-state index in [0.29, 0.717) is 0 Å². The lowest BCUT2D eigenvalue weighted by Crippen LogP contribution is -3.20. The van der Waals surface area contributed by atoms with Crippen LogP contribution < -0.4 is 21.9 Å². The standard InChI is InChI=1S/C10H19NO2.BrH/c1-6-8-11(9-7-2)10(3,12-4)13-5;/h6-7H,1-2,8-9H2,3-5H3;1H. The van der Waals surface area contributed by atoms with E-state index in [0.717, 1.165) is 18.0 Å². The van der Waals surface area contributed by atoms with E-state index in [9.17, 15) is 0 Å². The van der Waals surface area contributed by atoms with Crippen molar-refractivity contribution in [2.24, 2.45) is 0 Å². The van der Waals surface area contributed by atoms with Crippen LogP contribution in [0.15, 0.2) is 25.3 Å². The van der Waals surface area contributed by atoms with E-state index in [4.69, 9.17) is 9.47 Å². The third-order valence-corrected chi connectivity index (χ3v) is 2.20. The largest absolute Gasteiger partial charge is 1.00 e. The molecule has 0 aliphatic carbocycles. The van der Waals surface area contributed by atoms with E-state index in [1.54, 1.807) is 14.2 Å². The van der Waals surface area contributed by atoms with E-state index >= 15 is 0 Å². The average Bonchev–Trinajstić information content (AvgIpc) is 2.16. The first-order valence-electron chi connectivity index (χ1n) is 4.31. The average molecular weight is 266 g/mol. The summed E-state index contributed by atoms with van der Waals surface area (Å²) in [5.74, 6) is -0.623. The fourth-order valence-electron chi connectivity index (χ4n) is 1.17. The number of rotatable bonds is 7. The lowest BCUT2D eigenvalue weighted by Gasteiger charge is -2.33. The van der Waals surface area contributed by atoms with Crippen LogP contribution in [-0.2, 0) is 9.47 Å². The first kappa shape index (κ1) is 16.3. The highest BCUT2D eigenvalue weighted by Gasteiger charge is 2.34. The van der Waals surface area contributed by atoms with Gasteiger partial charge in [0.05, 0.1) is 13.1 Å². The van der Waals surface area contributed by atoms with Gasteiger partial charge >= 0.3 is 5.91 Å². The summed E-state index contributed by atoms with van der Waals surface area (Å²) in [7, 11) is 3.27. The number of quaternary nitrogens is 1. The van der Waals surface area contributed by atoms with E-state index < -0.39 is 5.91 Å². The molecule has 0 aromatic carbocycles. The summed E-state index contributed by atoms with van der Waals surface area (Å²) in [4.78, 5) is 1.13. The van der Waals surface area contributed by atoms with Gasteiger partial charge in [-0.05, 0) is 12.2 Å². The zero-order valence-corrected chi connectivity index (χ0v) is 10.8. The van der Waals surface area contributed by atoms with Crippen molar-refractivity contribution >= 4 is 0 Å². The fraction of sp³-hybridized carbons (Fsp3) is 0.600. The first-order chi connectivity index (χ1) is 6.14. The van der Waals surface area contributed by atoms with Gasteiger partial charge in [0.25, 0.3) is 0 Å². The predicted molar refractivity (Wildman–Crippen MR) is 53.5 cm³/mol. The maximum atomic E-state index is 5.30. The molecule has 0 fully saturated rings. The Hall–Kier alpha value is -0.160. The summed E-state index contributed by atoms with van der Waals surface area (Å²) < 4.78 is 10.6. The van der Waals surface area contributed by atoms with Gasteiger partial charge in [-0.15, -0.1) is 0 Å². The maximum absolute atomic E-state index is 5.30. The van der Waals surface area contributed by atoms with Crippen LogP contribution in [0.4, 0.5) is 0 Å². The molecule has 0 aliphatic heterocycles. The topological polar surface area (TPSA) is 22.9 Å². The van der Waals surface area contributed by atoms with Crippen LogP contribution in [0.5, 0.6) is 0 Å². The van der Waals surface area contributed by atoms with Crippen LogP contribution in [-0.4, -0.2) is 33.2 Å². The fourth-order valence-corrected chi connectivity index (χ4v) is 1.17. The van der Waals surface area contributed by atoms with E-state index in [-0.39, 0.29) is 17.0 Å². The van der Waals surface area contributed by atoms with Crippen LogP contribution >= 0.6 is 0 Å². The maximum Gasteiger partial charge on any atom is 0.314 e. The van der Waals surface area contributed by atoms with Gasteiger partial charge in [-0.2, -0.15) is 0 Å². The molecule has 3 nitrogen and oxygen atoms in total. The minimum atomic E-state index is -0.623.